The molecule has 1 aromatic carbocycles. The smallest absolute Gasteiger partial charge is 0.0654 e. The Morgan fingerprint density at radius 2 is 2.12 bits per heavy atom. The van der Waals surface area contributed by atoms with Gasteiger partial charge < -0.3 is 10.2 Å². The second-order valence-corrected chi connectivity index (χ2v) is 5.42. The molecule has 1 unspecified atom stereocenters. The fraction of sp³-hybridized carbons (Fsp3) is 0.500. The van der Waals surface area contributed by atoms with Crippen LogP contribution in [0, 0.1) is 0 Å². The summed E-state index contributed by atoms with van der Waals surface area (Å²) in [5, 5.41) is 4.77. The zero-order chi connectivity index (χ0) is 11.8. The van der Waals surface area contributed by atoms with Crippen LogP contribution in [-0.2, 0) is 0 Å². The molecule has 88 valence electrons. The van der Waals surface area contributed by atoms with Gasteiger partial charge in [-0.1, -0.05) is 23.2 Å². The second-order valence-electron chi connectivity index (χ2n) is 4.58. The molecule has 1 atom stereocenters. The van der Waals surface area contributed by atoms with E-state index in [2.05, 4.69) is 17.1 Å². The van der Waals surface area contributed by atoms with E-state index in [1.807, 2.05) is 19.2 Å². The minimum Gasteiger partial charge on any atom is -0.368 e. The summed E-state index contributed by atoms with van der Waals surface area (Å²) in [4.78, 5) is 2.30. The molecule has 0 saturated carbocycles. The van der Waals surface area contributed by atoms with Crippen molar-refractivity contribution < 1.29 is 0 Å². The molecule has 1 aromatic rings. The predicted octanol–water partition coefficient (Wildman–Crippen LogP) is 3.18. The zero-order valence-corrected chi connectivity index (χ0v) is 11.1. The predicted molar refractivity (Wildman–Crippen MR) is 70.8 cm³/mol. The summed E-state index contributed by atoms with van der Waals surface area (Å²) in [5.74, 6) is 0. The Hall–Kier alpha value is -0.440. The van der Waals surface area contributed by atoms with E-state index in [0.29, 0.717) is 5.02 Å². The Labute approximate surface area is 107 Å². The molecular weight excluding hydrogens is 243 g/mol. The third-order valence-electron chi connectivity index (χ3n) is 3.33. The molecule has 1 aliphatic heterocycles. The summed E-state index contributed by atoms with van der Waals surface area (Å²) < 4.78 is 0. The highest BCUT2D eigenvalue weighted by Gasteiger charge is 2.32. The number of hydrogen-bond donors (Lipinski definition) is 1. The third-order valence-corrected chi connectivity index (χ3v) is 3.87. The fourth-order valence-electron chi connectivity index (χ4n) is 2.11. The van der Waals surface area contributed by atoms with Gasteiger partial charge >= 0.3 is 0 Å². The van der Waals surface area contributed by atoms with Crippen LogP contribution in [0.4, 0.5) is 5.69 Å². The average molecular weight is 259 g/mol. The molecule has 1 saturated heterocycles. The minimum absolute atomic E-state index is 0.183. The van der Waals surface area contributed by atoms with Gasteiger partial charge in [-0.2, -0.15) is 0 Å². The van der Waals surface area contributed by atoms with Gasteiger partial charge in [-0.05, 0) is 38.6 Å². The van der Waals surface area contributed by atoms with E-state index >= 15 is 0 Å². The highest BCUT2D eigenvalue weighted by atomic mass is 35.5. The quantitative estimate of drug-likeness (QED) is 0.877. The molecule has 16 heavy (non-hydrogen) atoms. The van der Waals surface area contributed by atoms with Crippen molar-refractivity contribution in [2.45, 2.75) is 18.9 Å². The molecule has 1 heterocycles. The molecule has 2 rings (SSSR count). The van der Waals surface area contributed by atoms with Gasteiger partial charge in [-0.3, -0.25) is 0 Å². The van der Waals surface area contributed by atoms with E-state index in [1.165, 1.54) is 0 Å². The number of anilines is 1. The van der Waals surface area contributed by atoms with E-state index in [4.69, 9.17) is 23.2 Å². The highest BCUT2D eigenvalue weighted by molar-refractivity contribution is 6.36. The first-order valence-electron chi connectivity index (χ1n) is 5.43. The van der Waals surface area contributed by atoms with Crippen molar-refractivity contribution in [1.82, 2.24) is 5.32 Å². The van der Waals surface area contributed by atoms with E-state index < -0.39 is 0 Å². The number of halogens is 2. The van der Waals surface area contributed by atoms with Crippen LogP contribution in [0.3, 0.4) is 0 Å². The summed E-state index contributed by atoms with van der Waals surface area (Å²) in [6.07, 6.45) is 1.13. The lowest BCUT2D eigenvalue weighted by Crippen LogP contribution is -2.42. The topological polar surface area (TPSA) is 15.3 Å². The number of hydrogen-bond acceptors (Lipinski definition) is 2. The van der Waals surface area contributed by atoms with Crippen LogP contribution in [0.2, 0.25) is 10.0 Å². The standard InChI is InChI=1S/C12H16Cl2N2/c1-12(15-2)5-6-16(8-12)11-4-3-9(13)7-10(11)14/h3-4,7,15H,5-6,8H2,1-2H3. The number of likely N-dealkylation sites (N-methyl/N-ethyl adjacent to an activating group) is 1. The number of nitrogens with zero attached hydrogens (tertiary/aromatic N) is 1. The minimum atomic E-state index is 0.183. The Bertz CT molecular complexity index is 395. The van der Waals surface area contributed by atoms with Gasteiger partial charge in [0.2, 0.25) is 0 Å². The lowest BCUT2D eigenvalue weighted by Gasteiger charge is -2.25. The van der Waals surface area contributed by atoms with Gasteiger partial charge in [0, 0.05) is 23.7 Å². The molecule has 0 aliphatic carbocycles. The third kappa shape index (κ3) is 2.29. The van der Waals surface area contributed by atoms with Gasteiger partial charge in [-0.25, -0.2) is 0 Å². The van der Waals surface area contributed by atoms with Crippen molar-refractivity contribution >= 4 is 28.9 Å². The lowest BCUT2D eigenvalue weighted by molar-refractivity contribution is 0.428. The maximum Gasteiger partial charge on any atom is 0.0654 e. The van der Waals surface area contributed by atoms with Gasteiger partial charge in [0.25, 0.3) is 0 Å². The molecule has 2 nitrogen and oxygen atoms in total. The SMILES string of the molecule is CNC1(C)CCN(c2ccc(Cl)cc2Cl)C1. The van der Waals surface area contributed by atoms with Gasteiger partial charge in [-0.15, -0.1) is 0 Å². The molecule has 0 amide bonds. The van der Waals surface area contributed by atoms with Crippen LogP contribution in [0.25, 0.3) is 0 Å². The zero-order valence-electron chi connectivity index (χ0n) is 9.56. The molecule has 1 aliphatic rings. The number of rotatable bonds is 2. The lowest BCUT2D eigenvalue weighted by atomic mass is 10.0. The second kappa shape index (κ2) is 4.44. The van der Waals surface area contributed by atoms with Crippen LogP contribution in [-0.4, -0.2) is 25.7 Å². The van der Waals surface area contributed by atoms with Crippen LogP contribution in [0.5, 0.6) is 0 Å². The average Bonchev–Trinajstić information content (AvgIpc) is 2.62. The van der Waals surface area contributed by atoms with Gasteiger partial charge in [0.15, 0.2) is 0 Å². The van der Waals surface area contributed by atoms with Gasteiger partial charge in [0.05, 0.1) is 10.7 Å². The molecule has 4 heteroatoms. The molecule has 0 radical (unpaired) electrons. The van der Waals surface area contributed by atoms with Crippen LogP contribution in [0.15, 0.2) is 18.2 Å². The van der Waals surface area contributed by atoms with Crippen molar-refractivity contribution in [1.29, 1.82) is 0 Å². The maximum atomic E-state index is 6.20. The summed E-state index contributed by atoms with van der Waals surface area (Å²) in [5.41, 5.74) is 1.26. The normalized spacial score (nSPS) is 25.1. The summed E-state index contributed by atoms with van der Waals surface area (Å²) in [7, 11) is 2.01. The molecule has 0 aromatic heterocycles. The Morgan fingerprint density at radius 1 is 1.38 bits per heavy atom. The van der Waals surface area contributed by atoms with Crippen LogP contribution >= 0.6 is 23.2 Å². The largest absolute Gasteiger partial charge is 0.368 e. The molecule has 1 N–H and O–H groups in total. The Balaban J connectivity index is 2.21. The number of benzene rings is 1. The Morgan fingerprint density at radius 3 is 2.69 bits per heavy atom. The van der Waals surface area contributed by atoms with Crippen molar-refractivity contribution in [2.75, 3.05) is 25.0 Å². The van der Waals surface area contributed by atoms with Gasteiger partial charge in [0.1, 0.15) is 0 Å². The van der Waals surface area contributed by atoms with Crippen molar-refractivity contribution in [3.8, 4) is 0 Å². The summed E-state index contributed by atoms with van der Waals surface area (Å²) in [6.45, 7) is 4.24. The van der Waals surface area contributed by atoms with Crippen molar-refractivity contribution in [2.24, 2.45) is 0 Å². The summed E-state index contributed by atoms with van der Waals surface area (Å²) in [6, 6.07) is 5.68. The van der Waals surface area contributed by atoms with E-state index in [-0.39, 0.29) is 5.54 Å². The molecular formula is C12H16Cl2N2. The molecule has 0 bridgehead atoms. The monoisotopic (exact) mass is 258 g/mol. The maximum absolute atomic E-state index is 6.20. The van der Waals surface area contributed by atoms with E-state index in [1.54, 1.807) is 6.07 Å². The summed E-state index contributed by atoms with van der Waals surface area (Å²) >= 11 is 12.1. The molecule has 1 fully saturated rings. The van der Waals surface area contributed by atoms with Crippen molar-refractivity contribution in [3.63, 3.8) is 0 Å². The van der Waals surface area contributed by atoms with E-state index in [0.717, 1.165) is 30.2 Å². The van der Waals surface area contributed by atoms with Crippen LogP contribution < -0.4 is 10.2 Å². The first kappa shape index (κ1) is 12.0. The first-order valence-corrected chi connectivity index (χ1v) is 6.19. The van der Waals surface area contributed by atoms with Crippen molar-refractivity contribution in [3.05, 3.63) is 28.2 Å². The Kier molecular flexibility index (Phi) is 3.34. The molecule has 0 spiro atoms. The van der Waals surface area contributed by atoms with Crippen LogP contribution in [0.1, 0.15) is 13.3 Å². The fourth-order valence-corrected chi connectivity index (χ4v) is 2.64. The van der Waals surface area contributed by atoms with E-state index in [9.17, 15) is 0 Å². The first-order chi connectivity index (χ1) is 7.54. The number of nitrogens with one attached hydrogen (secondary N) is 1. The highest BCUT2D eigenvalue weighted by Crippen LogP contribution is 2.33.